The Hall–Kier alpha value is -2.05. The molecule has 1 aromatic heterocycles. The van der Waals surface area contributed by atoms with E-state index in [1.165, 1.54) is 6.92 Å². The number of imidazole rings is 1. The predicted molar refractivity (Wildman–Crippen MR) is 76.0 cm³/mol. The van der Waals surface area contributed by atoms with Gasteiger partial charge in [0, 0.05) is 39.5 Å². The van der Waals surface area contributed by atoms with Gasteiger partial charge in [-0.2, -0.15) is 0 Å². The molecule has 0 saturated heterocycles. The average molecular weight is 281 g/mol. The summed E-state index contributed by atoms with van der Waals surface area (Å²) in [5.74, 6) is 0.925. The molecule has 1 rings (SSSR count). The minimum atomic E-state index is -0.267. The maximum absolute atomic E-state index is 11.8. The van der Waals surface area contributed by atoms with Crippen LogP contribution in [0.1, 0.15) is 32.6 Å². The Labute approximate surface area is 119 Å². The van der Waals surface area contributed by atoms with Crippen molar-refractivity contribution in [1.29, 1.82) is 0 Å². The summed E-state index contributed by atoms with van der Waals surface area (Å²) in [7, 11) is 1.90. The second-order valence-electron chi connectivity index (χ2n) is 5.00. The monoisotopic (exact) mass is 281 g/mol. The van der Waals surface area contributed by atoms with Crippen molar-refractivity contribution in [3.8, 4) is 0 Å². The third-order valence-electron chi connectivity index (χ3n) is 2.87. The summed E-state index contributed by atoms with van der Waals surface area (Å²) in [4.78, 5) is 26.8. The van der Waals surface area contributed by atoms with E-state index >= 15 is 0 Å². The van der Waals surface area contributed by atoms with Gasteiger partial charge in [-0.25, -0.2) is 9.78 Å². The van der Waals surface area contributed by atoms with E-state index in [0.29, 0.717) is 13.1 Å². The normalized spacial score (nSPS) is 12.1. The highest BCUT2D eigenvalue weighted by Gasteiger charge is 2.21. The van der Waals surface area contributed by atoms with E-state index in [2.05, 4.69) is 20.9 Å². The molecule has 0 aliphatic heterocycles. The van der Waals surface area contributed by atoms with Crippen LogP contribution in [0.2, 0.25) is 0 Å². The van der Waals surface area contributed by atoms with Crippen molar-refractivity contribution in [3.05, 3.63) is 18.2 Å². The van der Waals surface area contributed by atoms with Gasteiger partial charge in [0.1, 0.15) is 5.82 Å². The second kappa shape index (κ2) is 7.52. The summed E-state index contributed by atoms with van der Waals surface area (Å²) in [6.45, 7) is 6.29. The molecule has 0 bridgehead atoms. The molecule has 0 aromatic carbocycles. The van der Waals surface area contributed by atoms with Crippen molar-refractivity contribution in [2.75, 3.05) is 13.1 Å². The van der Waals surface area contributed by atoms with E-state index in [4.69, 9.17) is 0 Å². The van der Waals surface area contributed by atoms with Crippen LogP contribution in [-0.4, -0.2) is 34.6 Å². The lowest BCUT2D eigenvalue weighted by Gasteiger charge is -2.22. The quantitative estimate of drug-likeness (QED) is 0.665. The third-order valence-corrected chi connectivity index (χ3v) is 2.87. The molecule has 0 fully saturated rings. The number of rotatable bonds is 6. The topological polar surface area (TPSA) is 88.1 Å². The zero-order valence-electron chi connectivity index (χ0n) is 12.4. The summed E-state index contributed by atoms with van der Waals surface area (Å²) < 4.78 is 1.89. The van der Waals surface area contributed by atoms with Crippen LogP contribution in [0.3, 0.4) is 0 Å². The molecule has 7 nitrogen and oxygen atoms in total. The van der Waals surface area contributed by atoms with E-state index in [9.17, 15) is 9.59 Å². The number of nitrogens with one attached hydrogen (secondary N) is 3. The smallest absolute Gasteiger partial charge is 0.315 e. The molecule has 0 unspecified atom stereocenters. The van der Waals surface area contributed by atoms with Crippen molar-refractivity contribution in [3.63, 3.8) is 0 Å². The van der Waals surface area contributed by atoms with Gasteiger partial charge in [0.15, 0.2) is 0 Å². The van der Waals surface area contributed by atoms with Gasteiger partial charge in [0.2, 0.25) is 5.91 Å². The third kappa shape index (κ3) is 4.91. The van der Waals surface area contributed by atoms with Gasteiger partial charge >= 0.3 is 6.03 Å². The first-order chi connectivity index (χ1) is 9.41. The number of hydrogen-bond acceptors (Lipinski definition) is 3. The minimum absolute atomic E-state index is 0.111. The van der Waals surface area contributed by atoms with Crippen molar-refractivity contribution < 1.29 is 9.59 Å². The Morgan fingerprint density at radius 2 is 1.95 bits per heavy atom. The lowest BCUT2D eigenvalue weighted by molar-refractivity contribution is -0.118. The molecule has 3 amide bonds. The number of carbonyl (C=O) groups is 2. The number of urea groups is 1. The lowest BCUT2D eigenvalue weighted by atomic mass is 10.0. The first-order valence-electron chi connectivity index (χ1n) is 6.67. The molecular formula is C13H23N5O2. The van der Waals surface area contributed by atoms with Crippen molar-refractivity contribution >= 4 is 11.9 Å². The van der Waals surface area contributed by atoms with Gasteiger partial charge in [-0.1, -0.05) is 13.8 Å². The fourth-order valence-electron chi connectivity index (χ4n) is 1.81. The van der Waals surface area contributed by atoms with Crippen LogP contribution in [0.4, 0.5) is 4.79 Å². The maximum atomic E-state index is 11.8. The molecule has 0 aliphatic rings. The zero-order valence-corrected chi connectivity index (χ0v) is 12.4. The first-order valence-corrected chi connectivity index (χ1v) is 6.67. The van der Waals surface area contributed by atoms with Gasteiger partial charge in [-0.05, 0) is 5.92 Å². The Morgan fingerprint density at radius 1 is 1.30 bits per heavy atom. The minimum Gasteiger partial charge on any atom is -0.355 e. The van der Waals surface area contributed by atoms with E-state index in [1.54, 1.807) is 6.20 Å². The van der Waals surface area contributed by atoms with Crippen molar-refractivity contribution in [2.45, 2.75) is 26.8 Å². The molecule has 0 saturated carbocycles. The fraction of sp³-hybridized carbons (Fsp3) is 0.615. The largest absolute Gasteiger partial charge is 0.355 e. The van der Waals surface area contributed by atoms with E-state index < -0.39 is 0 Å². The highest BCUT2D eigenvalue weighted by Crippen LogP contribution is 2.19. The zero-order chi connectivity index (χ0) is 15.1. The molecular weight excluding hydrogens is 258 g/mol. The average Bonchev–Trinajstić information content (AvgIpc) is 2.77. The molecule has 112 valence electrons. The number of carbonyl (C=O) groups excluding carboxylic acids is 2. The van der Waals surface area contributed by atoms with E-state index in [0.717, 1.165) is 5.82 Å². The highest BCUT2D eigenvalue weighted by molar-refractivity contribution is 5.75. The number of aromatic nitrogens is 2. The van der Waals surface area contributed by atoms with Crippen LogP contribution in [0.25, 0.3) is 0 Å². The maximum Gasteiger partial charge on any atom is 0.315 e. The molecule has 0 aliphatic carbocycles. The highest BCUT2D eigenvalue weighted by atomic mass is 16.2. The number of nitrogens with zero attached hydrogens (tertiary/aromatic N) is 2. The number of aryl methyl sites for hydroxylation is 1. The van der Waals surface area contributed by atoms with Gasteiger partial charge < -0.3 is 20.5 Å². The van der Waals surface area contributed by atoms with E-state index in [1.807, 2.05) is 31.7 Å². The van der Waals surface area contributed by atoms with Crippen molar-refractivity contribution in [2.24, 2.45) is 13.0 Å². The molecule has 1 heterocycles. The second-order valence-corrected chi connectivity index (χ2v) is 5.00. The summed E-state index contributed by atoms with van der Waals surface area (Å²) in [5, 5.41) is 8.22. The predicted octanol–water partition coefficient (Wildman–Crippen LogP) is 0.552. The Balaban J connectivity index is 2.48. The Morgan fingerprint density at radius 3 is 2.45 bits per heavy atom. The number of amides is 3. The molecule has 0 spiro atoms. The number of hydrogen-bond donors (Lipinski definition) is 3. The molecule has 1 atom stereocenters. The standard InChI is InChI=1S/C13H23N5O2/c1-9(2)11(12-15-7-8-18(12)4)17-13(20)16-6-5-14-10(3)19/h7-9,11H,5-6H2,1-4H3,(H,14,19)(H2,16,17,20)/t11-/m0/s1. The molecule has 3 N–H and O–H groups in total. The molecule has 1 aromatic rings. The summed E-state index contributed by atoms with van der Waals surface area (Å²) in [6.07, 6.45) is 3.56. The van der Waals surface area contributed by atoms with E-state index in [-0.39, 0.29) is 23.9 Å². The SMILES string of the molecule is CC(=O)NCCNC(=O)N[C@H](c1nccn1C)C(C)C. The van der Waals surface area contributed by atoms with Crippen LogP contribution >= 0.6 is 0 Å². The molecule has 0 radical (unpaired) electrons. The van der Waals surface area contributed by atoms with Gasteiger partial charge in [0.25, 0.3) is 0 Å². The Bertz CT molecular complexity index is 455. The van der Waals surface area contributed by atoms with Gasteiger partial charge in [0.05, 0.1) is 6.04 Å². The molecule has 7 heteroatoms. The van der Waals surface area contributed by atoms with Crippen LogP contribution in [0, 0.1) is 5.92 Å². The summed E-state index contributed by atoms with van der Waals surface area (Å²) in [6, 6.07) is -0.423. The lowest BCUT2D eigenvalue weighted by Crippen LogP contribution is -2.43. The summed E-state index contributed by atoms with van der Waals surface area (Å²) in [5.41, 5.74) is 0. The van der Waals surface area contributed by atoms with Gasteiger partial charge in [-0.3, -0.25) is 4.79 Å². The van der Waals surface area contributed by atoms with Crippen LogP contribution in [0.15, 0.2) is 12.4 Å². The first kappa shape index (κ1) is 16.0. The molecule has 20 heavy (non-hydrogen) atoms. The van der Waals surface area contributed by atoms with Crippen LogP contribution in [-0.2, 0) is 11.8 Å². The van der Waals surface area contributed by atoms with Crippen LogP contribution < -0.4 is 16.0 Å². The van der Waals surface area contributed by atoms with Gasteiger partial charge in [-0.15, -0.1) is 0 Å². The van der Waals surface area contributed by atoms with Crippen molar-refractivity contribution in [1.82, 2.24) is 25.5 Å². The fourth-order valence-corrected chi connectivity index (χ4v) is 1.81. The summed E-state index contributed by atoms with van der Waals surface area (Å²) >= 11 is 0. The Kier molecular flexibility index (Phi) is 6.02. The van der Waals surface area contributed by atoms with Crippen LogP contribution in [0.5, 0.6) is 0 Å².